The Kier molecular flexibility index (Phi) is 5.48. The highest BCUT2D eigenvalue weighted by Gasteiger charge is 2.20. The lowest BCUT2D eigenvalue weighted by Gasteiger charge is -2.14. The number of nitrogens with one attached hydrogen (secondary N) is 2. The Morgan fingerprint density at radius 1 is 1.26 bits per heavy atom. The molecule has 0 saturated carbocycles. The van der Waals surface area contributed by atoms with Crippen molar-refractivity contribution in [3.63, 3.8) is 0 Å². The zero-order chi connectivity index (χ0) is 18.8. The molecular weight excluding hydrogens is 382 g/mol. The van der Waals surface area contributed by atoms with Gasteiger partial charge in [0.25, 0.3) is 5.56 Å². The van der Waals surface area contributed by atoms with Crippen molar-refractivity contribution in [2.24, 2.45) is 0 Å². The van der Waals surface area contributed by atoms with Crippen molar-refractivity contribution in [1.29, 1.82) is 0 Å². The van der Waals surface area contributed by atoms with E-state index in [2.05, 4.69) is 12.0 Å². The number of fused-ring (bicyclic) bond motifs is 3. The van der Waals surface area contributed by atoms with Crippen LogP contribution in [0, 0.1) is 0 Å². The van der Waals surface area contributed by atoms with Crippen LogP contribution >= 0.6 is 22.9 Å². The van der Waals surface area contributed by atoms with Gasteiger partial charge in [-0.25, -0.2) is 4.98 Å². The van der Waals surface area contributed by atoms with Crippen molar-refractivity contribution in [2.45, 2.75) is 32.2 Å². The molecule has 0 bridgehead atoms. The molecule has 1 atom stereocenters. The summed E-state index contributed by atoms with van der Waals surface area (Å²) in [6, 6.07) is 7.36. The zero-order valence-corrected chi connectivity index (χ0v) is 16.9. The SMILES string of the molecule is C[NH+](CCOc1ccc(Cl)cc1)Cc1nc2sc3c(c2c(=O)[nH]1)CCCC3. The number of aromatic amines is 1. The van der Waals surface area contributed by atoms with Crippen LogP contribution in [0.1, 0.15) is 29.1 Å². The third kappa shape index (κ3) is 4.18. The lowest BCUT2D eigenvalue weighted by molar-refractivity contribution is -0.894. The average molecular weight is 405 g/mol. The number of halogens is 1. The molecule has 1 unspecified atom stereocenters. The Hall–Kier alpha value is -1.89. The van der Waals surface area contributed by atoms with Crippen molar-refractivity contribution >= 4 is 33.2 Å². The van der Waals surface area contributed by atoms with E-state index in [-0.39, 0.29) is 5.56 Å². The van der Waals surface area contributed by atoms with Crippen LogP contribution in [-0.4, -0.2) is 30.2 Å². The van der Waals surface area contributed by atoms with Crippen molar-refractivity contribution in [2.75, 3.05) is 20.2 Å². The number of ether oxygens (including phenoxy) is 1. The number of nitrogens with zero attached hydrogens (tertiary/aromatic N) is 1. The second kappa shape index (κ2) is 8.00. The summed E-state index contributed by atoms with van der Waals surface area (Å²) in [6.07, 6.45) is 4.47. The minimum absolute atomic E-state index is 0.0135. The quantitative estimate of drug-likeness (QED) is 0.664. The molecule has 0 amide bonds. The fourth-order valence-electron chi connectivity index (χ4n) is 3.54. The van der Waals surface area contributed by atoms with E-state index in [0.717, 1.165) is 41.2 Å². The molecule has 0 radical (unpaired) electrons. The topological polar surface area (TPSA) is 59.4 Å². The smallest absolute Gasteiger partial charge is 0.260 e. The summed E-state index contributed by atoms with van der Waals surface area (Å²) < 4.78 is 5.75. The van der Waals surface area contributed by atoms with Gasteiger partial charge < -0.3 is 14.6 Å². The van der Waals surface area contributed by atoms with Gasteiger partial charge in [-0.1, -0.05) is 11.6 Å². The number of quaternary nitrogens is 1. The summed E-state index contributed by atoms with van der Waals surface area (Å²) in [6.45, 7) is 2.07. The fraction of sp³-hybridized carbons (Fsp3) is 0.400. The van der Waals surface area contributed by atoms with Crippen molar-refractivity contribution in [3.8, 4) is 5.75 Å². The Morgan fingerprint density at radius 3 is 2.85 bits per heavy atom. The van der Waals surface area contributed by atoms with Gasteiger partial charge in [0, 0.05) is 9.90 Å². The van der Waals surface area contributed by atoms with E-state index in [0.29, 0.717) is 18.2 Å². The van der Waals surface area contributed by atoms with Crippen LogP contribution in [0.2, 0.25) is 5.02 Å². The molecule has 2 aromatic heterocycles. The van der Waals surface area contributed by atoms with Crippen LogP contribution in [0.5, 0.6) is 5.75 Å². The molecular formula is C20H23ClN3O2S+. The summed E-state index contributed by atoms with van der Waals surface area (Å²) in [5, 5.41) is 1.52. The number of aryl methyl sites for hydroxylation is 2. The summed E-state index contributed by atoms with van der Waals surface area (Å²) in [7, 11) is 2.08. The third-order valence-corrected chi connectivity index (χ3v) is 6.39. The van der Waals surface area contributed by atoms with Gasteiger partial charge in [-0.15, -0.1) is 11.3 Å². The molecule has 2 heterocycles. The molecule has 0 saturated heterocycles. The van der Waals surface area contributed by atoms with Crippen LogP contribution < -0.4 is 15.2 Å². The Morgan fingerprint density at radius 2 is 2.04 bits per heavy atom. The zero-order valence-electron chi connectivity index (χ0n) is 15.3. The molecule has 1 aliphatic rings. The summed E-state index contributed by atoms with van der Waals surface area (Å²) >= 11 is 7.57. The van der Waals surface area contributed by atoms with Gasteiger partial charge in [0.05, 0.1) is 12.4 Å². The second-order valence-corrected chi connectivity index (χ2v) is 8.61. The van der Waals surface area contributed by atoms with Gasteiger partial charge in [-0.3, -0.25) is 4.79 Å². The van der Waals surface area contributed by atoms with Crippen molar-refractivity contribution in [1.82, 2.24) is 9.97 Å². The van der Waals surface area contributed by atoms with Gasteiger partial charge in [-0.05, 0) is 55.5 Å². The van der Waals surface area contributed by atoms with Gasteiger partial charge in [0.1, 0.15) is 30.3 Å². The molecule has 3 aromatic rings. The van der Waals surface area contributed by atoms with E-state index in [1.807, 2.05) is 24.3 Å². The number of thiophene rings is 1. The molecule has 5 nitrogen and oxygen atoms in total. The molecule has 0 fully saturated rings. The fourth-order valence-corrected chi connectivity index (χ4v) is 4.95. The Bertz CT molecular complexity index is 997. The average Bonchev–Trinajstić information content (AvgIpc) is 3.02. The highest BCUT2D eigenvalue weighted by Crippen LogP contribution is 2.33. The van der Waals surface area contributed by atoms with Crippen molar-refractivity contribution < 1.29 is 9.64 Å². The molecule has 7 heteroatoms. The molecule has 1 aromatic carbocycles. The minimum atomic E-state index is 0.0135. The van der Waals surface area contributed by atoms with E-state index < -0.39 is 0 Å². The maximum absolute atomic E-state index is 12.6. The Balaban J connectivity index is 1.40. The highest BCUT2D eigenvalue weighted by atomic mass is 35.5. The number of likely N-dealkylation sites (N-methyl/N-ethyl adjacent to an activating group) is 1. The first-order chi connectivity index (χ1) is 13.1. The standard InChI is InChI=1S/C20H22ClN3O2S/c1-24(10-11-26-14-8-6-13(21)7-9-14)12-17-22-19(25)18-15-4-2-3-5-16(15)27-20(18)23-17/h6-9H,2-5,10-12H2,1H3,(H,22,23,25)/p+1. The van der Waals surface area contributed by atoms with Gasteiger partial charge in [-0.2, -0.15) is 0 Å². The minimum Gasteiger partial charge on any atom is -0.488 e. The van der Waals surface area contributed by atoms with E-state index in [1.54, 1.807) is 11.3 Å². The molecule has 2 N–H and O–H groups in total. The lowest BCUT2D eigenvalue weighted by Crippen LogP contribution is -3.08. The first-order valence-corrected chi connectivity index (χ1v) is 10.5. The molecule has 0 spiro atoms. The van der Waals surface area contributed by atoms with E-state index in [1.165, 1.54) is 28.2 Å². The van der Waals surface area contributed by atoms with Gasteiger partial charge in [0.2, 0.25) is 0 Å². The number of hydrogen-bond acceptors (Lipinski definition) is 4. The number of rotatable bonds is 6. The van der Waals surface area contributed by atoms with Gasteiger partial charge >= 0.3 is 0 Å². The molecule has 4 rings (SSSR count). The summed E-state index contributed by atoms with van der Waals surface area (Å²) in [4.78, 5) is 23.8. The van der Waals surface area contributed by atoms with Crippen LogP contribution in [0.4, 0.5) is 0 Å². The monoisotopic (exact) mass is 404 g/mol. The number of benzene rings is 1. The molecule has 142 valence electrons. The van der Waals surface area contributed by atoms with E-state index in [4.69, 9.17) is 21.3 Å². The first kappa shape index (κ1) is 18.5. The number of hydrogen-bond donors (Lipinski definition) is 2. The summed E-state index contributed by atoms with van der Waals surface area (Å²) in [5.41, 5.74) is 1.25. The first-order valence-electron chi connectivity index (χ1n) is 9.33. The predicted octanol–water partition coefficient (Wildman–Crippen LogP) is 2.61. The lowest BCUT2D eigenvalue weighted by atomic mass is 9.97. The summed E-state index contributed by atoms with van der Waals surface area (Å²) in [5.74, 6) is 1.56. The molecule has 1 aliphatic carbocycles. The van der Waals surface area contributed by atoms with Crippen LogP contribution in [0.15, 0.2) is 29.1 Å². The van der Waals surface area contributed by atoms with Crippen LogP contribution in [0.25, 0.3) is 10.2 Å². The normalized spacial score (nSPS) is 14.9. The maximum atomic E-state index is 12.6. The van der Waals surface area contributed by atoms with E-state index >= 15 is 0 Å². The Labute approximate surface area is 167 Å². The predicted molar refractivity (Wildman–Crippen MR) is 109 cm³/mol. The van der Waals surface area contributed by atoms with Crippen molar-refractivity contribution in [3.05, 3.63) is 55.9 Å². The van der Waals surface area contributed by atoms with Gasteiger partial charge in [0.15, 0.2) is 5.82 Å². The highest BCUT2D eigenvalue weighted by molar-refractivity contribution is 7.18. The number of H-pyrrole nitrogens is 1. The third-order valence-electron chi connectivity index (χ3n) is 4.95. The largest absolute Gasteiger partial charge is 0.488 e. The van der Waals surface area contributed by atoms with E-state index in [9.17, 15) is 4.79 Å². The van der Waals surface area contributed by atoms with Crippen LogP contribution in [0.3, 0.4) is 0 Å². The van der Waals surface area contributed by atoms with Crippen LogP contribution in [-0.2, 0) is 19.4 Å². The second-order valence-electron chi connectivity index (χ2n) is 7.09. The number of aromatic nitrogens is 2. The molecule has 0 aliphatic heterocycles. The molecule has 27 heavy (non-hydrogen) atoms. The maximum Gasteiger partial charge on any atom is 0.260 e.